The first-order chi connectivity index (χ1) is 8.22. The van der Waals surface area contributed by atoms with Gasteiger partial charge in [0.25, 0.3) is 0 Å². The minimum Gasteiger partial charge on any atom is -0.317 e. The second-order valence-corrected chi connectivity index (χ2v) is 4.94. The Morgan fingerprint density at radius 3 is 2.24 bits per heavy atom. The van der Waals surface area contributed by atoms with Crippen molar-refractivity contribution in [3.63, 3.8) is 0 Å². The third-order valence-electron chi connectivity index (χ3n) is 2.75. The first-order valence-corrected chi connectivity index (χ1v) is 6.71. The average molecular weight is 234 g/mol. The van der Waals surface area contributed by atoms with Crippen molar-refractivity contribution in [1.82, 2.24) is 10.6 Å². The molecule has 0 aliphatic heterocycles. The van der Waals surface area contributed by atoms with E-state index in [1.165, 1.54) is 11.1 Å². The maximum absolute atomic E-state index is 3.46. The van der Waals surface area contributed by atoms with Crippen LogP contribution in [0.5, 0.6) is 0 Å². The van der Waals surface area contributed by atoms with E-state index >= 15 is 0 Å². The van der Waals surface area contributed by atoms with Crippen molar-refractivity contribution < 1.29 is 0 Å². The van der Waals surface area contributed by atoms with Crippen molar-refractivity contribution in [2.24, 2.45) is 5.92 Å². The van der Waals surface area contributed by atoms with Gasteiger partial charge in [0, 0.05) is 6.54 Å². The minimum absolute atomic E-state index is 0.717. The molecule has 0 aliphatic carbocycles. The molecule has 0 radical (unpaired) electrons. The molecule has 0 heterocycles. The molecule has 2 nitrogen and oxygen atoms in total. The Balaban J connectivity index is 2.29. The van der Waals surface area contributed by atoms with Gasteiger partial charge in [-0.1, -0.05) is 45.0 Å². The van der Waals surface area contributed by atoms with Crippen LogP contribution in [0.25, 0.3) is 0 Å². The fraction of sp³-hybridized carbons (Fsp3) is 0.600. The second-order valence-electron chi connectivity index (χ2n) is 4.94. The molecule has 0 saturated heterocycles. The van der Waals surface area contributed by atoms with Gasteiger partial charge >= 0.3 is 0 Å². The molecular weight excluding hydrogens is 208 g/mol. The highest BCUT2D eigenvalue weighted by Crippen LogP contribution is 2.05. The third kappa shape index (κ3) is 6.44. The van der Waals surface area contributed by atoms with Crippen molar-refractivity contribution in [3.05, 3.63) is 35.4 Å². The van der Waals surface area contributed by atoms with E-state index in [1.807, 2.05) is 0 Å². The second kappa shape index (κ2) is 8.26. The monoisotopic (exact) mass is 234 g/mol. The summed E-state index contributed by atoms with van der Waals surface area (Å²) in [5, 5.41) is 6.81. The van der Waals surface area contributed by atoms with Gasteiger partial charge in [-0.25, -0.2) is 0 Å². The van der Waals surface area contributed by atoms with Gasteiger partial charge in [0.2, 0.25) is 0 Å². The molecule has 0 atom stereocenters. The smallest absolute Gasteiger partial charge is 0.0205 e. The van der Waals surface area contributed by atoms with Crippen LogP contribution >= 0.6 is 0 Å². The van der Waals surface area contributed by atoms with Crippen LogP contribution in [0.1, 0.15) is 31.9 Å². The van der Waals surface area contributed by atoms with E-state index in [9.17, 15) is 0 Å². The summed E-state index contributed by atoms with van der Waals surface area (Å²) in [5.41, 5.74) is 2.79. The summed E-state index contributed by atoms with van der Waals surface area (Å²) in [6.45, 7) is 10.8. The lowest BCUT2D eigenvalue weighted by molar-refractivity contribution is 0.552. The first kappa shape index (κ1) is 14.2. The fourth-order valence-corrected chi connectivity index (χ4v) is 1.74. The molecule has 0 aromatic heterocycles. The molecule has 96 valence electrons. The highest BCUT2D eigenvalue weighted by molar-refractivity contribution is 5.22. The maximum atomic E-state index is 3.46. The van der Waals surface area contributed by atoms with Gasteiger partial charge in [0.1, 0.15) is 0 Å². The third-order valence-corrected chi connectivity index (χ3v) is 2.75. The molecule has 2 heteroatoms. The van der Waals surface area contributed by atoms with Gasteiger partial charge in [-0.3, -0.25) is 0 Å². The average Bonchev–Trinajstić information content (AvgIpc) is 2.31. The Hall–Kier alpha value is -0.860. The molecular formula is C15H26N2. The number of benzene rings is 1. The zero-order valence-electron chi connectivity index (χ0n) is 11.4. The molecule has 1 aromatic carbocycles. The SMILES string of the molecule is CCNCCc1ccc(CNCC(C)C)cc1. The predicted molar refractivity (Wildman–Crippen MR) is 75.2 cm³/mol. The molecule has 0 fully saturated rings. The van der Waals surface area contributed by atoms with E-state index in [1.54, 1.807) is 0 Å². The zero-order valence-corrected chi connectivity index (χ0v) is 11.4. The summed E-state index contributed by atoms with van der Waals surface area (Å²) >= 11 is 0. The molecule has 1 aromatic rings. The normalized spacial score (nSPS) is 11.1. The Morgan fingerprint density at radius 2 is 1.65 bits per heavy atom. The highest BCUT2D eigenvalue weighted by Gasteiger charge is 1.96. The first-order valence-electron chi connectivity index (χ1n) is 6.71. The van der Waals surface area contributed by atoms with Gasteiger partial charge in [-0.2, -0.15) is 0 Å². The predicted octanol–water partition coefficient (Wildman–Crippen LogP) is 2.58. The van der Waals surface area contributed by atoms with Crippen molar-refractivity contribution in [2.75, 3.05) is 19.6 Å². The number of nitrogens with one attached hydrogen (secondary N) is 2. The Morgan fingerprint density at radius 1 is 1.00 bits per heavy atom. The minimum atomic E-state index is 0.717. The summed E-state index contributed by atoms with van der Waals surface area (Å²) in [5.74, 6) is 0.717. The van der Waals surface area contributed by atoms with Crippen molar-refractivity contribution >= 4 is 0 Å². The Labute approximate surface area is 106 Å². The van der Waals surface area contributed by atoms with E-state index in [2.05, 4.69) is 55.7 Å². The zero-order chi connectivity index (χ0) is 12.5. The lowest BCUT2D eigenvalue weighted by atomic mass is 10.1. The maximum Gasteiger partial charge on any atom is 0.0205 e. The van der Waals surface area contributed by atoms with Gasteiger partial charge in [0.15, 0.2) is 0 Å². The number of hydrogen-bond acceptors (Lipinski definition) is 2. The molecule has 0 spiro atoms. The number of likely N-dealkylation sites (N-methyl/N-ethyl adjacent to an activating group) is 1. The molecule has 0 saturated carbocycles. The van der Waals surface area contributed by atoms with Crippen LogP contribution in [-0.2, 0) is 13.0 Å². The molecule has 1 rings (SSSR count). The van der Waals surface area contributed by atoms with Crippen molar-refractivity contribution in [3.8, 4) is 0 Å². The molecule has 0 unspecified atom stereocenters. The van der Waals surface area contributed by atoms with E-state index < -0.39 is 0 Å². The van der Waals surface area contributed by atoms with E-state index in [0.29, 0.717) is 0 Å². The lowest BCUT2D eigenvalue weighted by Crippen LogP contribution is -2.19. The topological polar surface area (TPSA) is 24.1 Å². The molecule has 0 bridgehead atoms. The van der Waals surface area contributed by atoms with Gasteiger partial charge < -0.3 is 10.6 Å². The molecule has 0 amide bonds. The Bertz CT molecular complexity index is 290. The van der Waals surface area contributed by atoms with E-state index in [0.717, 1.165) is 38.5 Å². The van der Waals surface area contributed by atoms with Gasteiger partial charge in [-0.15, -0.1) is 0 Å². The van der Waals surface area contributed by atoms with Crippen LogP contribution in [-0.4, -0.2) is 19.6 Å². The van der Waals surface area contributed by atoms with E-state index in [-0.39, 0.29) is 0 Å². The summed E-state index contributed by atoms with van der Waals surface area (Å²) < 4.78 is 0. The number of hydrogen-bond donors (Lipinski definition) is 2. The van der Waals surface area contributed by atoms with Crippen LogP contribution in [0.3, 0.4) is 0 Å². The van der Waals surface area contributed by atoms with Crippen LogP contribution in [0.2, 0.25) is 0 Å². The van der Waals surface area contributed by atoms with Crippen LogP contribution in [0.15, 0.2) is 24.3 Å². The van der Waals surface area contributed by atoms with Gasteiger partial charge in [-0.05, 0) is 43.1 Å². The van der Waals surface area contributed by atoms with Gasteiger partial charge in [0.05, 0.1) is 0 Å². The molecule has 0 aliphatic rings. The van der Waals surface area contributed by atoms with Crippen LogP contribution in [0.4, 0.5) is 0 Å². The molecule has 17 heavy (non-hydrogen) atoms. The fourth-order valence-electron chi connectivity index (χ4n) is 1.74. The standard InChI is InChI=1S/C15H26N2/c1-4-16-10-9-14-5-7-15(8-6-14)12-17-11-13(2)3/h5-8,13,16-17H,4,9-12H2,1-3H3. The molecule has 2 N–H and O–H groups in total. The summed E-state index contributed by atoms with van der Waals surface area (Å²) in [7, 11) is 0. The summed E-state index contributed by atoms with van der Waals surface area (Å²) in [6, 6.07) is 8.94. The number of rotatable bonds is 8. The largest absolute Gasteiger partial charge is 0.317 e. The van der Waals surface area contributed by atoms with E-state index in [4.69, 9.17) is 0 Å². The van der Waals surface area contributed by atoms with Crippen LogP contribution in [0, 0.1) is 5.92 Å². The highest BCUT2D eigenvalue weighted by atomic mass is 14.8. The lowest BCUT2D eigenvalue weighted by Gasteiger charge is -2.08. The van der Waals surface area contributed by atoms with Crippen LogP contribution < -0.4 is 10.6 Å². The van der Waals surface area contributed by atoms with Crippen molar-refractivity contribution in [1.29, 1.82) is 0 Å². The van der Waals surface area contributed by atoms with Crippen molar-refractivity contribution in [2.45, 2.75) is 33.7 Å². The Kier molecular flexibility index (Phi) is 6.90. The quantitative estimate of drug-likeness (QED) is 0.676. The summed E-state index contributed by atoms with van der Waals surface area (Å²) in [6.07, 6.45) is 1.12. The summed E-state index contributed by atoms with van der Waals surface area (Å²) in [4.78, 5) is 0.